The Morgan fingerprint density at radius 1 is 1.19 bits per heavy atom. The second kappa shape index (κ2) is 7.55. The number of anilines is 1. The molecule has 190 valence electrons. The molecule has 12 nitrogen and oxygen atoms in total. The zero-order valence-electron chi connectivity index (χ0n) is 20.1. The van der Waals surface area contributed by atoms with E-state index in [0.29, 0.717) is 11.3 Å². The number of hydrogen-bond acceptors (Lipinski definition) is 10. The first-order valence-electron chi connectivity index (χ1n) is 11.3. The number of allylic oxidation sites excluding steroid dienone is 1. The summed E-state index contributed by atoms with van der Waals surface area (Å²) in [5, 5.41) is 33.9. The van der Waals surface area contributed by atoms with Gasteiger partial charge in [0, 0.05) is 31.3 Å². The fourth-order valence-corrected chi connectivity index (χ4v) is 6.11. The minimum absolute atomic E-state index is 0.00923. The monoisotopic (exact) mass is 498 g/mol. The van der Waals surface area contributed by atoms with E-state index >= 15 is 0 Å². The first kappa shape index (κ1) is 23.8. The van der Waals surface area contributed by atoms with Crippen LogP contribution in [0.25, 0.3) is 11.1 Å². The van der Waals surface area contributed by atoms with Gasteiger partial charge in [-0.05, 0) is 44.5 Å². The molecule has 0 unspecified atom stereocenters. The number of aromatic amines is 1. The van der Waals surface area contributed by atoms with Crippen molar-refractivity contribution in [1.82, 2.24) is 9.88 Å². The number of hydrogen-bond donors (Lipinski definition) is 5. The van der Waals surface area contributed by atoms with Gasteiger partial charge in [-0.15, -0.1) is 0 Å². The third kappa shape index (κ3) is 2.88. The Hall–Kier alpha value is -3.90. The molecule has 1 amide bonds. The number of ketones is 2. The molecule has 1 aromatic heterocycles. The smallest absolute Gasteiger partial charge is 0.417 e. The van der Waals surface area contributed by atoms with Crippen LogP contribution in [0, 0.1) is 11.8 Å². The molecule has 3 aliphatic rings. The predicted molar refractivity (Wildman–Crippen MR) is 127 cm³/mol. The summed E-state index contributed by atoms with van der Waals surface area (Å²) in [4.78, 5) is 57.1. The molecule has 0 saturated carbocycles. The number of fused-ring (bicyclic) bond motifs is 5. The molecule has 4 atom stereocenters. The predicted octanol–water partition coefficient (Wildman–Crippen LogP) is -0.0845. The molecule has 3 aliphatic carbocycles. The number of benzene rings is 1. The Labute approximate surface area is 204 Å². The molecule has 0 saturated heterocycles. The van der Waals surface area contributed by atoms with Gasteiger partial charge in [0.15, 0.2) is 17.0 Å². The second-order valence-corrected chi connectivity index (χ2v) is 10.00. The summed E-state index contributed by atoms with van der Waals surface area (Å²) in [6.07, 6.45) is 0.265. The lowest BCUT2D eigenvalue weighted by Gasteiger charge is -2.50. The molecule has 0 radical (unpaired) electrons. The molecule has 0 aliphatic heterocycles. The maximum Gasteiger partial charge on any atom is 0.417 e. The minimum atomic E-state index is -2.66. The van der Waals surface area contributed by atoms with Crippen LogP contribution in [0.2, 0.25) is 0 Å². The van der Waals surface area contributed by atoms with E-state index in [1.54, 1.807) is 39.2 Å². The van der Waals surface area contributed by atoms with Crippen LogP contribution in [0.3, 0.4) is 0 Å². The number of rotatable bonds is 3. The van der Waals surface area contributed by atoms with E-state index in [2.05, 4.69) is 4.98 Å². The van der Waals surface area contributed by atoms with Gasteiger partial charge in [0.05, 0.1) is 17.1 Å². The van der Waals surface area contributed by atoms with E-state index in [1.807, 2.05) is 0 Å². The fraction of sp³-hybridized carbons (Fsp3) is 0.417. The highest BCUT2D eigenvalue weighted by molar-refractivity contribution is 6.25. The largest absolute Gasteiger partial charge is 0.510 e. The van der Waals surface area contributed by atoms with Gasteiger partial charge in [-0.3, -0.25) is 24.3 Å². The minimum Gasteiger partial charge on any atom is -0.510 e. The zero-order chi connectivity index (χ0) is 26.4. The standard InChI is InChI=1S/C24H26N4O8/c1-27(2)12-7-11-19(36-23(34)26-11)14-9(12)5-8-6-10-16(28(3)4)18(30)15(22(25)33)21(32)24(10,35)20(31)13(8)17(14)29/h7-8,10,16,30-31,35H,5-6H2,1-4H3,(H2,25,33)(H,26,34)/t8-,10-,16-,24-/m0/s1. The van der Waals surface area contributed by atoms with E-state index in [9.17, 15) is 34.5 Å². The number of Topliss-reactive ketones (excluding diaryl/α,β-unsaturated/α-hetero) is 2. The fourth-order valence-electron chi connectivity index (χ4n) is 6.11. The van der Waals surface area contributed by atoms with Crippen molar-refractivity contribution in [3.05, 3.63) is 50.4 Å². The van der Waals surface area contributed by atoms with Crippen molar-refractivity contribution in [3.63, 3.8) is 0 Å². The average molecular weight is 498 g/mol. The normalized spacial score (nSPS) is 27.9. The molecule has 5 rings (SSSR count). The summed E-state index contributed by atoms with van der Waals surface area (Å²) in [7, 11) is 6.73. The number of primary amides is 1. The lowest BCUT2D eigenvalue weighted by molar-refractivity contribution is -0.148. The number of nitrogens with one attached hydrogen (secondary N) is 1. The van der Waals surface area contributed by atoms with Crippen LogP contribution >= 0.6 is 0 Å². The van der Waals surface area contributed by atoms with E-state index in [-0.39, 0.29) is 35.1 Å². The topological polar surface area (TPSA) is 190 Å². The summed E-state index contributed by atoms with van der Waals surface area (Å²) in [6, 6.07) is 0.662. The summed E-state index contributed by atoms with van der Waals surface area (Å²) < 4.78 is 5.26. The Kier molecular flexibility index (Phi) is 4.99. The second-order valence-electron chi connectivity index (χ2n) is 10.00. The lowest BCUT2D eigenvalue weighted by Crippen LogP contribution is -2.63. The Morgan fingerprint density at radius 2 is 1.86 bits per heavy atom. The molecule has 0 bridgehead atoms. The van der Waals surface area contributed by atoms with Crippen molar-refractivity contribution in [2.24, 2.45) is 17.6 Å². The summed E-state index contributed by atoms with van der Waals surface area (Å²) >= 11 is 0. The van der Waals surface area contributed by atoms with Crippen LogP contribution in [0.1, 0.15) is 22.3 Å². The van der Waals surface area contributed by atoms with Crippen molar-refractivity contribution in [3.8, 4) is 0 Å². The van der Waals surface area contributed by atoms with Gasteiger partial charge in [0.25, 0.3) is 5.91 Å². The number of nitrogens with zero attached hydrogens (tertiary/aromatic N) is 2. The number of nitrogens with two attached hydrogens (primary N) is 1. The Bertz CT molecular complexity index is 1490. The summed E-state index contributed by atoms with van der Waals surface area (Å²) in [5.41, 5.74) is 3.26. The van der Waals surface area contributed by atoms with Crippen LogP contribution in [-0.4, -0.2) is 82.5 Å². The number of aromatic nitrogens is 1. The third-order valence-corrected chi connectivity index (χ3v) is 7.59. The average Bonchev–Trinajstić information content (AvgIpc) is 3.14. The van der Waals surface area contributed by atoms with E-state index in [4.69, 9.17) is 10.2 Å². The lowest BCUT2D eigenvalue weighted by atomic mass is 9.58. The van der Waals surface area contributed by atoms with Crippen molar-refractivity contribution < 1.29 is 34.1 Å². The number of oxazole rings is 1. The zero-order valence-corrected chi connectivity index (χ0v) is 20.1. The van der Waals surface area contributed by atoms with Gasteiger partial charge in [-0.2, -0.15) is 0 Å². The SMILES string of the molecule is CN(C)c1cc2[nH]c(=O)oc2c2c1C[C@H]1C[C@H]3[C@H](N(C)C)C(O)=C(C(N)=O)C(=O)[C@@]3(O)C(O)=C1C2=O. The molecule has 1 heterocycles. The van der Waals surface area contributed by atoms with Crippen LogP contribution in [0.15, 0.2) is 37.9 Å². The van der Waals surface area contributed by atoms with Gasteiger partial charge in [-0.1, -0.05) is 0 Å². The molecular weight excluding hydrogens is 472 g/mol. The third-order valence-electron chi connectivity index (χ3n) is 7.59. The maximum atomic E-state index is 13.9. The van der Waals surface area contributed by atoms with E-state index < -0.39 is 63.8 Å². The molecule has 0 fully saturated rings. The first-order chi connectivity index (χ1) is 16.8. The van der Waals surface area contributed by atoms with Gasteiger partial charge in [-0.25, -0.2) is 4.79 Å². The van der Waals surface area contributed by atoms with Crippen LogP contribution in [-0.2, 0) is 16.0 Å². The number of aliphatic hydroxyl groups excluding tert-OH is 2. The van der Waals surface area contributed by atoms with Gasteiger partial charge < -0.3 is 30.4 Å². The Morgan fingerprint density at radius 3 is 2.44 bits per heavy atom. The number of likely N-dealkylation sites (N-methyl/N-ethyl adjacent to an activating group) is 1. The number of carbonyl (C=O) groups excluding carboxylic acids is 3. The number of H-pyrrole nitrogens is 1. The number of carbonyl (C=O) groups is 3. The highest BCUT2D eigenvalue weighted by Crippen LogP contribution is 2.52. The van der Waals surface area contributed by atoms with E-state index in [1.165, 1.54) is 4.90 Å². The Balaban J connectivity index is 1.79. The molecule has 0 spiro atoms. The van der Waals surface area contributed by atoms with Gasteiger partial charge in [0.2, 0.25) is 5.78 Å². The van der Waals surface area contributed by atoms with E-state index in [0.717, 1.165) is 0 Å². The van der Waals surface area contributed by atoms with Gasteiger partial charge >= 0.3 is 5.76 Å². The van der Waals surface area contributed by atoms with Crippen molar-refractivity contribution >= 4 is 34.3 Å². The molecule has 12 heteroatoms. The highest BCUT2D eigenvalue weighted by Gasteiger charge is 2.63. The quantitative estimate of drug-likeness (QED) is 0.358. The van der Waals surface area contributed by atoms with Crippen molar-refractivity contribution in [2.45, 2.75) is 24.5 Å². The number of amides is 1. The van der Waals surface area contributed by atoms with Crippen LogP contribution < -0.4 is 16.4 Å². The first-order valence-corrected chi connectivity index (χ1v) is 11.3. The summed E-state index contributed by atoms with van der Waals surface area (Å²) in [5.74, 6) is -7.17. The van der Waals surface area contributed by atoms with Crippen molar-refractivity contribution in [1.29, 1.82) is 0 Å². The maximum absolute atomic E-state index is 13.9. The van der Waals surface area contributed by atoms with Crippen LogP contribution in [0.4, 0.5) is 5.69 Å². The molecule has 1 aromatic carbocycles. The molecule has 36 heavy (non-hydrogen) atoms. The molecular formula is C24H26N4O8. The summed E-state index contributed by atoms with van der Waals surface area (Å²) in [6.45, 7) is 0. The molecule has 2 aromatic rings. The molecule has 6 N–H and O–H groups in total. The number of aliphatic hydroxyl groups is 3. The highest BCUT2D eigenvalue weighted by atomic mass is 16.4. The van der Waals surface area contributed by atoms with Crippen LogP contribution in [0.5, 0.6) is 0 Å². The van der Waals surface area contributed by atoms with Gasteiger partial charge in [0.1, 0.15) is 17.1 Å². The van der Waals surface area contributed by atoms with Crippen molar-refractivity contribution in [2.75, 3.05) is 33.1 Å².